The summed E-state index contributed by atoms with van der Waals surface area (Å²) in [5.74, 6) is 0. The van der Waals surface area contributed by atoms with E-state index >= 15 is 0 Å². The van der Waals surface area contributed by atoms with Gasteiger partial charge >= 0.3 is 0 Å². The second-order valence-electron chi connectivity index (χ2n) is 3.82. The Bertz CT molecular complexity index is 287. The number of aliphatic hydroxyl groups excluding tert-OH is 1. The van der Waals surface area contributed by atoms with Gasteiger partial charge in [-0.3, -0.25) is 0 Å². The highest BCUT2D eigenvalue weighted by Crippen LogP contribution is 2.18. The highest BCUT2D eigenvalue weighted by Gasteiger charge is 2.13. The molecule has 1 rings (SSSR count). The Kier molecular flexibility index (Phi) is 4.14. The number of aliphatic hydroxyl groups is 1. The number of halogens is 1. The first-order chi connectivity index (χ1) is 6.52. The summed E-state index contributed by atoms with van der Waals surface area (Å²) >= 11 is 3.40. The predicted molar refractivity (Wildman–Crippen MR) is 64.0 cm³/mol. The molecule has 0 heterocycles. The second kappa shape index (κ2) is 4.94. The molecule has 78 valence electrons. The van der Waals surface area contributed by atoms with E-state index in [4.69, 9.17) is 0 Å². The zero-order valence-corrected chi connectivity index (χ0v) is 10.5. The highest BCUT2D eigenvalue weighted by atomic mass is 79.9. The van der Waals surface area contributed by atoms with Crippen molar-refractivity contribution >= 4 is 15.9 Å². The third-order valence-corrected chi connectivity index (χ3v) is 3.20. The third kappa shape index (κ3) is 2.82. The van der Waals surface area contributed by atoms with Gasteiger partial charge in [0.25, 0.3) is 0 Å². The summed E-state index contributed by atoms with van der Waals surface area (Å²) in [6, 6.07) is 6.24. The maximum atomic E-state index is 9.78. The number of hydrogen-bond donors (Lipinski definition) is 1. The van der Waals surface area contributed by atoms with E-state index in [1.807, 2.05) is 6.92 Å². The van der Waals surface area contributed by atoms with E-state index in [2.05, 4.69) is 48.0 Å². The first kappa shape index (κ1) is 11.7. The van der Waals surface area contributed by atoms with Gasteiger partial charge in [-0.1, -0.05) is 41.1 Å². The second-order valence-corrected chi connectivity index (χ2v) is 5.26. The van der Waals surface area contributed by atoms with E-state index < -0.39 is 0 Å². The van der Waals surface area contributed by atoms with Crippen LogP contribution in [0.1, 0.15) is 23.6 Å². The minimum atomic E-state index is -0.310. The van der Waals surface area contributed by atoms with Crippen molar-refractivity contribution in [2.75, 3.05) is 0 Å². The maximum Gasteiger partial charge on any atom is 0.0702 e. The van der Waals surface area contributed by atoms with Crippen LogP contribution in [0.25, 0.3) is 0 Å². The van der Waals surface area contributed by atoms with Crippen LogP contribution in [0.5, 0.6) is 0 Å². The molecule has 0 amide bonds. The fourth-order valence-corrected chi connectivity index (χ4v) is 1.73. The summed E-state index contributed by atoms with van der Waals surface area (Å²) in [5, 5.41) is 9.78. The Morgan fingerprint density at radius 1 is 1.29 bits per heavy atom. The van der Waals surface area contributed by atoms with E-state index in [0.717, 1.165) is 6.42 Å². The monoisotopic (exact) mass is 256 g/mol. The lowest BCUT2D eigenvalue weighted by Gasteiger charge is -2.16. The molecule has 0 saturated carbocycles. The first-order valence-electron chi connectivity index (χ1n) is 4.89. The number of rotatable bonds is 3. The minimum Gasteiger partial charge on any atom is -0.392 e. The van der Waals surface area contributed by atoms with Crippen LogP contribution >= 0.6 is 15.9 Å². The van der Waals surface area contributed by atoms with E-state index in [-0.39, 0.29) is 10.9 Å². The van der Waals surface area contributed by atoms with Crippen LogP contribution in [0, 0.1) is 13.8 Å². The summed E-state index contributed by atoms with van der Waals surface area (Å²) in [5.41, 5.74) is 3.79. The first-order valence-corrected chi connectivity index (χ1v) is 5.81. The highest BCUT2D eigenvalue weighted by molar-refractivity contribution is 9.09. The van der Waals surface area contributed by atoms with E-state index in [1.54, 1.807) is 0 Å². The van der Waals surface area contributed by atoms with Crippen molar-refractivity contribution in [1.29, 1.82) is 0 Å². The molecule has 0 spiro atoms. The summed E-state index contributed by atoms with van der Waals surface area (Å²) < 4.78 is 0. The predicted octanol–water partition coefficient (Wildman–Crippen LogP) is 2.99. The molecule has 1 aromatic carbocycles. The van der Waals surface area contributed by atoms with Gasteiger partial charge in [0.15, 0.2) is 0 Å². The largest absolute Gasteiger partial charge is 0.392 e. The van der Waals surface area contributed by atoms with Gasteiger partial charge in [0.2, 0.25) is 0 Å². The molecule has 1 N–H and O–H groups in total. The van der Waals surface area contributed by atoms with Crippen molar-refractivity contribution in [3.8, 4) is 0 Å². The van der Waals surface area contributed by atoms with Gasteiger partial charge in [-0.15, -0.1) is 0 Å². The molecule has 0 bridgehead atoms. The van der Waals surface area contributed by atoms with Gasteiger partial charge in [0, 0.05) is 4.83 Å². The van der Waals surface area contributed by atoms with Crippen molar-refractivity contribution < 1.29 is 5.11 Å². The zero-order valence-electron chi connectivity index (χ0n) is 8.92. The summed E-state index contributed by atoms with van der Waals surface area (Å²) in [4.78, 5) is 0.140. The molecule has 0 aliphatic heterocycles. The molecule has 0 saturated heterocycles. The molecule has 2 heteroatoms. The lowest BCUT2D eigenvalue weighted by Crippen LogP contribution is -2.20. The lowest BCUT2D eigenvalue weighted by atomic mass is 9.97. The van der Waals surface area contributed by atoms with Crippen LogP contribution in [0.15, 0.2) is 18.2 Å². The topological polar surface area (TPSA) is 20.2 Å². The molecule has 0 aromatic heterocycles. The summed E-state index contributed by atoms with van der Waals surface area (Å²) in [6.07, 6.45) is 0.417. The smallest absolute Gasteiger partial charge is 0.0702 e. The summed E-state index contributed by atoms with van der Waals surface area (Å²) in [7, 11) is 0. The van der Waals surface area contributed by atoms with Crippen molar-refractivity contribution in [1.82, 2.24) is 0 Å². The summed E-state index contributed by atoms with van der Waals surface area (Å²) in [6.45, 7) is 6.15. The minimum absolute atomic E-state index is 0.140. The molecule has 14 heavy (non-hydrogen) atoms. The van der Waals surface area contributed by atoms with Crippen LogP contribution in [0.4, 0.5) is 0 Å². The van der Waals surface area contributed by atoms with Crippen molar-refractivity contribution in [3.05, 3.63) is 34.9 Å². The average molecular weight is 257 g/mol. The van der Waals surface area contributed by atoms with E-state index in [0.29, 0.717) is 0 Å². The molecule has 2 atom stereocenters. The Hall–Kier alpha value is -0.340. The van der Waals surface area contributed by atoms with Gasteiger partial charge in [0.1, 0.15) is 0 Å². The molecule has 0 aliphatic rings. The molecule has 1 nitrogen and oxygen atoms in total. The van der Waals surface area contributed by atoms with Gasteiger partial charge in [-0.25, -0.2) is 0 Å². The molecule has 0 aliphatic carbocycles. The quantitative estimate of drug-likeness (QED) is 0.825. The van der Waals surface area contributed by atoms with Crippen LogP contribution in [-0.4, -0.2) is 16.0 Å². The molecule has 0 radical (unpaired) electrons. The fourth-order valence-electron chi connectivity index (χ4n) is 1.54. The Balaban J connectivity index is 2.85. The molecule has 2 unspecified atom stereocenters. The van der Waals surface area contributed by atoms with Crippen molar-refractivity contribution in [2.45, 2.75) is 38.1 Å². The fraction of sp³-hybridized carbons (Fsp3) is 0.500. The average Bonchev–Trinajstić information content (AvgIpc) is 2.11. The van der Waals surface area contributed by atoms with Crippen LogP contribution in [-0.2, 0) is 6.42 Å². The molecular formula is C12H17BrO. The van der Waals surface area contributed by atoms with Gasteiger partial charge < -0.3 is 5.11 Å². The van der Waals surface area contributed by atoms with E-state index in [1.165, 1.54) is 16.7 Å². The van der Waals surface area contributed by atoms with Gasteiger partial charge in [-0.05, 0) is 37.0 Å². The van der Waals surface area contributed by atoms with Crippen molar-refractivity contribution in [3.63, 3.8) is 0 Å². The lowest BCUT2D eigenvalue weighted by molar-refractivity contribution is 0.178. The standard InChI is InChI=1S/C12H17BrO/c1-8-5-4-6-9(2)11(8)7-12(14)10(3)13/h4-6,10,12,14H,7H2,1-3H3. The SMILES string of the molecule is Cc1cccc(C)c1CC(O)C(C)Br. The Morgan fingerprint density at radius 2 is 1.79 bits per heavy atom. The van der Waals surface area contributed by atoms with Crippen LogP contribution in [0.3, 0.4) is 0 Å². The third-order valence-electron chi connectivity index (χ3n) is 2.59. The Labute approximate surface area is 94.3 Å². The Morgan fingerprint density at radius 3 is 2.21 bits per heavy atom. The number of benzene rings is 1. The van der Waals surface area contributed by atoms with Crippen LogP contribution < -0.4 is 0 Å². The number of hydrogen-bond acceptors (Lipinski definition) is 1. The number of aryl methyl sites for hydroxylation is 2. The van der Waals surface area contributed by atoms with Crippen LogP contribution in [0.2, 0.25) is 0 Å². The van der Waals surface area contributed by atoms with Gasteiger partial charge in [0.05, 0.1) is 6.10 Å². The number of alkyl halides is 1. The van der Waals surface area contributed by atoms with E-state index in [9.17, 15) is 5.11 Å². The normalized spacial score (nSPS) is 15.2. The zero-order chi connectivity index (χ0) is 10.7. The molecule has 0 fully saturated rings. The maximum absolute atomic E-state index is 9.78. The van der Waals surface area contributed by atoms with Gasteiger partial charge in [-0.2, -0.15) is 0 Å². The molecule has 1 aromatic rings. The van der Waals surface area contributed by atoms with Crippen molar-refractivity contribution in [2.24, 2.45) is 0 Å². The molecular weight excluding hydrogens is 240 g/mol.